The molecule has 0 amide bonds. The third kappa shape index (κ3) is 1.81. The van der Waals surface area contributed by atoms with E-state index in [0.29, 0.717) is 12.2 Å². The first-order valence-electron chi connectivity index (χ1n) is 5.43. The van der Waals surface area contributed by atoms with Crippen molar-refractivity contribution in [2.75, 3.05) is 6.61 Å². The van der Waals surface area contributed by atoms with Gasteiger partial charge in [-0.05, 0) is 32.3 Å². The first-order chi connectivity index (χ1) is 6.86. The van der Waals surface area contributed by atoms with E-state index in [0.717, 1.165) is 12.8 Å². The monoisotopic (exact) mass is 212 g/mol. The van der Waals surface area contributed by atoms with E-state index in [1.807, 2.05) is 19.9 Å². The van der Waals surface area contributed by atoms with E-state index >= 15 is 0 Å². The maximum Gasteiger partial charge on any atom is 0.343 e. The summed E-state index contributed by atoms with van der Waals surface area (Å²) >= 11 is 0. The Balaban J connectivity index is 3.10. The molecule has 0 fully saturated rings. The molecule has 0 saturated carbocycles. The lowest BCUT2D eigenvalue weighted by molar-refractivity contribution is -0.174. The van der Waals surface area contributed by atoms with Crippen LogP contribution in [-0.4, -0.2) is 23.3 Å². The van der Waals surface area contributed by atoms with Gasteiger partial charge in [0.2, 0.25) is 0 Å². The van der Waals surface area contributed by atoms with Crippen molar-refractivity contribution in [2.24, 2.45) is 5.41 Å². The lowest BCUT2D eigenvalue weighted by Crippen LogP contribution is -2.54. The molecule has 1 aliphatic rings. The minimum absolute atomic E-state index is 0.296. The van der Waals surface area contributed by atoms with Crippen LogP contribution in [0.5, 0.6) is 0 Å². The van der Waals surface area contributed by atoms with Crippen molar-refractivity contribution in [3.8, 4) is 0 Å². The lowest BCUT2D eigenvalue weighted by atomic mass is 9.65. The van der Waals surface area contributed by atoms with Crippen LogP contribution in [0.4, 0.5) is 0 Å². The van der Waals surface area contributed by atoms with Gasteiger partial charge >= 0.3 is 5.97 Å². The van der Waals surface area contributed by atoms with Crippen LogP contribution < -0.4 is 0 Å². The van der Waals surface area contributed by atoms with E-state index in [1.54, 1.807) is 13.8 Å². The van der Waals surface area contributed by atoms with Gasteiger partial charge in [0, 0.05) is 5.41 Å². The maximum atomic E-state index is 11.8. The number of ether oxygens (including phenoxy) is 1. The molecule has 0 aromatic heterocycles. The zero-order chi connectivity index (χ0) is 11.7. The van der Waals surface area contributed by atoms with Gasteiger partial charge in [-0.25, -0.2) is 4.79 Å². The Morgan fingerprint density at radius 2 is 2.20 bits per heavy atom. The molecule has 15 heavy (non-hydrogen) atoms. The van der Waals surface area contributed by atoms with E-state index in [9.17, 15) is 9.90 Å². The number of rotatable bonds is 2. The summed E-state index contributed by atoms with van der Waals surface area (Å²) in [5.74, 6) is -0.525. The molecule has 0 heterocycles. The van der Waals surface area contributed by atoms with Crippen LogP contribution in [0.1, 0.15) is 40.5 Å². The molecule has 1 aliphatic carbocycles. The summed E-state index contributed by atoms with van der Waals surface area (Å²) in [5.41, 5.74) is -1.21. The van der Waals surface area contributed by atoms with Gasteiger partial charge in [-0.15, -0.1) is 0 Å². The fraction of sp³-hybridized carbons (Fsp3) is 0.750. The van der Waals surface area contributed by atoms with Crippen molar-refractivity contribution < 1.29 is 14.6 Å². The van der Waals surface area contributed by atoms with E-state index in [-0.39, 0.29) is 0 Å². The minimum Gasteiger partial charge on any atom is -0.464 e. The fourth-order valence-electron chi connectivity index (χ4n) is 2.18. The number of carbonyl (C=O) groups is 1. The molecule has 1 unspecified atom stereocenters. The van der Waals surface area contributed by atoms with E-state index in [1.165, 1.54) is 0 Å². The zero-order valence-corrected chi connectivity index (χ0v) is 9.96. The molecule has 0 aromatic rings. The summed E-state index contributed by atoms with van der Waals surface area (Å²) in [6.45, 7) is 7.64. The Morgan fingerprint density at radius 1 is 1.60 bits per heavy atom. The van der Waals surface area contributed by atoms with Crippen molar-refractivity contribution in [2.45, 2.75) is 46.1 Å². The second-order valence-electron chi connectivity index (χ2n) is 4.74. The lowest BCUT2D eigenvalue weighted by Gasteiger charge is -2.43. The molecule has 0 aliphatic heterocycles. The van der Waals surface area contributed by atoms with Gasteiger partial charge in [0.1, 0.15) is 0 Å². The van der Waals surface area contributed by atoms with Crippen LogP contribution in [0.2, 0.25) is 0 Å². The summed E-state index contributed by atoms with van der Waals surface area (Å²) in [6, 6.07) is 0. The summed E-state index contributed by atoms with van der Waals surface area (Å²) in [5, 5.41) is 10.5. The smallest absolute Gasteiger partial charge is 0.343 e. The van der Waals surface area contributed by atoms with Crippen LogP contribution in [0.3, 0.4) is 0 Å². The molecular formula is C12H20O3. The number of esters is 1. The highest BCUT2D eigenvalue weighted by atomic mass is 16.5. The Bertz CT molecular complexity index is 291. The summed E-state index contributed by atoms with van der Waals surface area (Å²) in [4.78, 5) is 11.8. The molecule has 0 saturated heterocycles. The molecule has 3 nitrogen and oxygen atoms in total. The largest absolute Gasteiger partial charge is 0.464 e. The van der Waals surface area contributed by atoms with E-state index < -0.39 is 17.0 Å². The van der Waals surface area contributed by atoms with Crippen LogP contribution in [0.15, 0.2) is 11.6 Å². The van der Waals surface area contributed by atoms with Crippen molar-refractivity contribution >= 4 is 5.97 Å². The average molecular weight is 212 g/mol. The molecule has 0 radical (unpaired) electrons. The van der Waals surface area contributed by atoms with Crippen LogP contribution in [0.25, 0.3) is 0 Å². The van der Waals surface area contributed by atoms with Crippen molar-refractivity contribution in [3.63, 3.8) is 0 Å². The maximum absolute atomic E-state index is 11.8. The molecule has 0 aromatic carbocycles. The molecule has 0 bridgehead atoms. The summed E-state index contributed by atoms with van der Waals surface area (Å²) in [6.07, 6.45) is 3.61. The number of aliphatic hydroxyl groups is 1. The highest BCUT2D eigenvalue weighted by Gasteiger charge is 2.53. The Hall–Kier alpha value is -0.830. The first kappa shape index (κ1) is 12.2. The van der Waals surface area contributed by atoms with Gasteiger partial charge in [-0.1, -0.05) is 19.9 Å². The Morgan fingerprint density at radius 3 is 2.67 bits per heavy atom. The topological polar surface area (TPSA) is 46.5 Å². The van der Waals surface area contributed by atoms with E-state index in [4.69, 9.17) is 4.74 Å². The molecule has 86 valence electrons. The highest BCUT2D eigenvalue weighted by Crippen LogP contribution is 2.44. The molecule has 1 N–H and O–H groups in total. The normalized spacial score (nSPS) is 29.5. The summed E-state index contributed by atoms with van der Waals surface area (Å²) in [7, 11) is 0. The van der Waals surface area contributed by atoms with Gasteiger partial charge < -0.3 is 9.84 Å². The SMILES string of the molecule is CCOC(=O)C1(O)C(C)=CCCC1(C)C. The first-order valence-corrected chi connectivity index (χ1v) is 5.43. The van der Waals surface area contributed by atoms with Gasteiger partial charge in [-0.2, -0.15) is 0 Å². The van der Waals surface area contributed by atoms with E-state index in [2.05, 4.69) is 0 Å². The molecule has 1 rings (SSSR count). The van der Waals surface area contributed by atoms with Crippen molar-refractivity contribution in [1.82, 2.24) is 0 Å². The quantitative estimate of drug-likeness (QED) is 0.563. The standard InChI is InChI=1S/C12H20O3/c1-5-15-10(13)12(14)9(2)7-6-8-11(12,3)4/h7,14H,5-6,8H2,1-4H3. The van der Waals surface area contributed by atoms with Gasteiger partial charge in [0.15, 0.2) is 5.60 Å². The molecule has 3 heteroatoms. The molecular weight excluding hydrogens is 192 g/mol. The van der Waals surface area contributed by atoms with Gasteiger partial charge in [0.25, 0.3) is 0 Å². The third-order valence-corrected chi connectivity index (χ3v) is 3.34. The highest BCUT2D eigenvalue weighted by molar-refractivity contribution is 5.84. The predicted molar refractivity (Wildman–Crippen MR) is 58.4 cm³/mol. The summed E-state index contributed by atoms with van der Waals surface area (Å²) < 4.78 is 4.96. The van der Waals surface area contributed by atoms with Gasteiger partial charge in [-0.3, -0.25) is 0 Å². The van der Waals surface area contributed by atoms with Crippen molar-refractivity contribution in [1.29, 1.82) is 0 Å². The number of hydrogen-bond donors (Lipinski definition) is 1. The second kappa shape index (κ2) is 3.97. The van der Waals surface area contributed by atoms with Gasteiger partial charge in [0.05, 0.1) is 6.61 Å². The number of hydrogen-bond acceptors (Lipinski definition) is 3. The van der Waals surface area contributed by atoms with Crippen molar-refractivity contribution in [3.05, 3.63) is 11.6 Å². The Labute approximate surface area is 91.1 Å². The van der Waals surface area contributed by atoms with Crippen LogP contribution >= 0.6 is 0 Å². The fourth-order valence-corrected chi connectivity index (χ4v) is 2.18. The van der Waals surface area contributed by atoms with Crippen LogP contribution in [0, 0.1) is 5.41 Å². The average Bonchev–Trinajstić information content (AvgIpc) is 2.14. The predicted octanol–water partition coefficient (Wildman–Crippen LogP) is 2.05. The van der Waals surface area contributed by atoms with Crippen LogP contribution in [-0.2, 0) is 9.53 Å². The third-order valence-electron chi connectivity index (χ3n) is 3.34. The number of carbonyl (C=O) groups excluding carboxylic acids is 1. The minimum atomic E-state index is -1.46. The zero-order valence-electron chi connectivity index (χ0n) is 9.96. The molecule has 1 atom stereocenters. The second-order valence-corrected chi connectivity index (χ2v) is 4.74. The molecule has 0 spiro atoms. The Kier molecular flexibility index (Phi) is 3.24. The number of allylic oxidation sites excluding steroid dienone is 1.